The summed E-state index contributed by atoms with van der Waals surface area (Å²) in [6, 6.07) is 10.6. The van der Waals surface area contributed by atoms with Crippen LogP contribution in [-0.4, -0.2) is 30.4 Å². The lowest BCUT2D eigenvalue weighted by molar-refractivity contribution is -0.114. The number of carbonyl (C=O) groups is 2. The number of hydrogen-bond donors (Lipinski definition) is 1. The van der Waals surface area contributed by atoms with Crippen LogP contribution in [0.25, 0.3) is 10.6 Å². The monoisotopic (exact) mass is 440 g/mol. The zero-order valence-corrected chi connectivity index (χ0v) is 18.7. The van der Waals surface area contributed by atoms with E-state index in [9.17, 15) is 9.59 Å². The quantitative estimate of drug-likeness (QED) is 0.474. The Bertz CT molecular complexity index is 1090. The van der Waals surface area contributed by atoms with Crippen LogP contribution >= 0.6 is 11.3 Å². The fourth-order valence-electron chi connectivity index (χ4n) is 2.89. The maximum absolute atomic E-state index is 11.7. The number of rotatable bonds is 9. The SMILES string of the molecule is CCOc1ccc(-c2nc(COc3cc(C(C)=O)ccc3NC(C)=O)cs2)cc1OC. The molecule has 8 heteroatoms. The predicted molar refractivity (Wildman–Crippen MR) is 120 cm³/mol. The molecule has 0 radical (unpaired) electrons. The average Bonchev–Trinajstić information content (AvgIpc) is 3.22. The maximum atomic E-state index is 11.7. The summed E-state index contributed by atoms with van der Waals surface area (Å²) in [4.78, 5) is 27.8. The van der Waals surface area contributed by atoms with Crippen molar-refractivity contribution in [2.45, 2.75) is 27.4 Å². The summed E-state index contributed by atoms with van der Waals surface area (Å²) in [6.45, 7) is 5.57. The van der Waals surface area contributed by atoms with Gasteiger partial charge in [0.1, 0.15) is 17.4 Å². The predicted octanol–water partition coefficient (Wildman–Crippen LogP) is 4.96. The van der Waals surface area contributed by atoms with Gasteiger partial charge in [-0.1, -0.05) is 0 Å². The van der Waals surface area contributed by atoms with Gasteiger partial charge >= 0.3 is 0 Å². The number of carbonyl (C=O) groups excluding carboxylic acids is 2. The smallest absolute Gasteiger partial charge is 0.221 e. The van der Waals surface area contributed by atoms with Gasteiger partial charge in [-0.05, 0) is 50.2 Å². The Labute approximate surface area is 185 Å². The van der Waals surface area contributed by atoms with Crippen molar-refractivity contribution >= 4 is 28.7 Å². The first-order chi connectivity index (χ1) is 14.9. The van der Waals surface area contributed by atoms with Crippen molar-refractivity contribution in [3.8, 4) is 27.8 Å². The molecule has 1 aromatic heterocycles. The van der Waals surface area contributed by atoms with Crippen molar-refractivity contribution < 1.29 is 23.8 Å². The number of ketones is 1. The minimum Gasteiger partial charge on any atom is -0.493 e. The Kier molecular flexibility index (Phi) is 7.25. The van der Waals surface area contributed by atoms with Crippen molar-refractivity contribution in [3.63, 3.8) is 0 Å². The molecule has 1 heterocycles. The molecule has 0 saturated heterocycles. The number of Topliss-reactive ketones (excluding diaryl/α,β-unsaturated/α-hetero) is 1. The van der Waals surface area contributed by atoms with E-state index in [0.29, 0.717) is 35.1 Å². The van der Waals surface area contributed by atoms with Gasteiger partial charge in [-0.2, -0.15) is 0 Å². The molecule has 0 aliphatic rings. The molecule has 0 fully saturated rings. The number of nitrogens with one attached hydrogen (secondary N) is 1. The van der Waals surface area contributed by atoms with Gasteiger partial charge in [-0.3, -0.25) is 9.59 Å². The highest BCUT2D eigenvalue weighted by molar-refractivity contribution is 7.13. The van der Waals surface area contributed by atoms with E-state index < -0.39 is 0 Å². The van der Waals surface area contributed by atoms with Crippen LogP contribution in [0.2, 0.25) is 0 Å². The highest BCUT2D eigenvalue weighted by Gasteiger charge is 2.13. The lowest BCUT2D eigenvalue weighted by Crippen LogP contribution is -2.09. The Morgan fingerprint density at radius 2 is 1.84 bits per heavy atom. The van der Waals surface area contributed by atoms with Crippen LogP contribution in [0, 0.1) is 0 Å². The minimum atomic E-state index is -0.221. The summed E-state index contributed by atoms with van der Waals surface area (Å²) in [5.74, 6) is 1.44. The molecule has 0 atom stereocenters. The molecule has 1 amide bonds. The van der Waals surface area contributed by atoms with Crippen molar-refractivity contribution in [3.05, 3.63) is 53.0 Å². The summed E-state index contributed by atoms with van der Waals surface area (Å²) in [5, 5.41) is 5.44. The Morgan fingerprint density at radius 3 is 2.52 bits per heavy atom. The van der Waals surface area contributed by atoms with E-state index in [1.54, 1.807) is 25.3 Å². The topological polar surface area (TPSA) is 86.8 Å². The molecule has 0 spiro atoms. The van der Waals surface area contributed by atoms with Crippen molar-refractivity contribution in [1.82, 2.24) is 4.98 Å². The number of hydrogen-bond acceptors (Lipinski definition) is 7. The van der Waals surface area contributed by atoms with Crippen LogP contribution in [0.3, 0.4) is 0 Å². The van der Waals surface area contributed by atoms with Gasteiger partial charge in [-0.15, -0.1) is 11.3 Å². The third kappa shape index (κ3) is 5.61. The molecule has 0 bridgehead atoms. The normalized spacial score (nSPS) is 10.5. The molecule has 7 nitrogen and oxygen atoms in total. The lowest BCUT2D eigenvalue weighted by atomic mass is 10.1. The average molecular weight is 441 g/mol. The van der Waals surface area contributed by atoms with Crippen LogP contribution in [0.4, 0.5) is 5.69 Å². The fraction of sp³-hybridized carbons (Fsp3) is 0.261. The van der Waals surface area contributed by atoms with Crippen LogP contribution in [-0.2, 0) is 11.4 Å². The number of anilines is 1. The Hall–Kier alpha value is -3.39. The number of benzene rings is 2. The molecule has 1 N–H and O–H groups in total. The summed E-state index contributed by atoms with van der Waals surface area (Å²) in [6.07, 6.45) is 0. The molecular formula is C23H24N2O5S. The first kappa shape index (κ1) is 22.3. The molecule has 3 rings (SSSR count). The first-order valence-electron chi connectivity index (χ1n) is 9.72. The van der Waals surface area contributed by atoms with E-state index in [0.717, 1.165) is 16.3 Å². The van der Waals surface area contributed by atoms with Crippen LogP contribution < -0.4 is 19.5 Å². The van der Waals surface area contributed by atoms with E-state index in [2.05, 4.69) is 10.3 Å². The van der Waals surface area contributed by atoms with Gasteiger partial charge in [0.05, 0.1) is 25.1 Å². The Balaban J connectivity index is 1.78. The van der Waals surface area contributed by atoms with Gasteiger partial charge in [-0.25, -0.2) is 4.98 Å². The van der Waals surface area contributed by atoms with E-state index in [4.69, 9.17) is 14.2 Å². The van der Waals surface area contributed by atoms with Gasteiger partial charge in [0.2, 0.25) is 5.91 Å². The largest absolute Gasteiger partial charge is 0.493 e. The summed E-state index contributed by atoms with van der Waals surface area (Å²) in [5.41, 5.74) is 2.65. The van der Waals surface area contributed by atoms with Crippen molar-refractivity contribution in [2.24, 2.45) is 0 Å². The molecule has 31 heavy (non-hydrogen) atoms. The zero-order valence-electron chi connectivity index (χ0n) is 17.9. The molecule has 2 aromatic carbocycles. The van der Waals surface area contributed by atoms with Crippen molar-refractivity contribution in [2.75, 3.05) is 19.0 Å². The number of thiazole rings is 1. The highest BCUT2D eigenvalue weighted by atomic mass is 32.1. The Morgan fingerprint density at radius 1 is 1.03 bits per heavy atom. The summed E-state index contributed by atoms with van der Waals surface area (Å²) < 4.78 is 16.9. The van der Waals surface area contributed by atoms with E-state index in [1.807, 2.05) is 30.5 Å². The van der Waals surface area contributed by atoms with Gasteiger partial charge in [0.15, 0.2) is 17.3 Å². The molecule has 0 aliphatic carbocycles. The van der Waals surface area contributed by atoms with Gasteiger partial charge in [0, 0.05) is 23.4 Å². The van der Waals surface area contributed by atoms with Crippen LogP contribution in [0.15, 0.2) is 41.8 Å². The van der Waals surface area contributed by atoms with Crippen molar-refractivity contribution in [1.29, 1.82) is 0 Å². The molecular weight excluding hydrogens is 416 g/mol. The number of methoxy groups -OCH3 is 1. The minimum absolute atomic E-state index is 0.0837. The second-order valence-corrected chi connectivity index (χ2v) is 7.54. The molecule has 0 saturated carbocycles. The second-order valence-electron chi connectivity index (χ2n) is 6.68. The lowest BCUT2D eigenvalue weighted by Gasteiger charge is -2.12. The van der Waals surface area contributed by atoms with Gasteiger partial charge < -0.3 is 19.5 Å². The van der Waals surface area contributed by atoms with E-state index in [1.165, 1.54) is 25.2 Å². The molecule has 0 unspecified atom stereocenters. The third-order valence-corrected chi connectivity index (χ3v) is 5.28. The zero-order chi connectivity index (χ0) is 22.4. The third-order valence-electron chi connectivity index (χ3n) is 4.34. The van der Waals surface area contributed by atoms with E-state index in [-0.39, 0.29) is 18.3 Å². The van der Waals surface area contributed by atoms with E-state index >= 15 is 0 Å². The highest BCUT2D eigenvalue weighted by Crippen LogP contribution is 2.34. The maximum Gasteiger partial charge on any atom is 0.221 e. The molecule has 0 aliphatic heterocycles. The first-order valence-corrected chi connectivity index (χ1v) is 10.6. The number of amides is 1. The number of ether oxygens (including phenoxy) is 3. The van der Waals surface area contributed by atoms with Gasteiger partial charge in [0.25, 0.3) is 0 Å². The number of nitrogens with zero attached hydrogens (tertiary/aromatic N) is 1. The standard InChI is InChI=1S/C23H24N2O5S/c1-5-29-20-9-7-17(11-22(20)28-4)23-25-18(13-31-23)12-30-21-10-16(14(2)26)6-8-19(21)24-15(3)27/h6-11,13H,5,12H2,1-4H3,(H,24,27). The fourth-order valence-corrected chi connectivity index (χ4v) is 3.69. The summed E-state index contributed by atoms with van der Waals surface area (Å²) in [7, 11) is 1.60. The summed E-state index contributed by atoms with van der Waals surface area (Å²) >= 11 is 1.49. The molecule has 3 aromatic rings. The van der Waals surface area contributed by atoms with Crippen LogP contribution in [0.5, 0.6) is 17.2 Å². The van der Waals surface area contributed by atoms with Crippen LogP contribution in [0.1, 0.15) is 36.8 Å². The number of aromatic nitrogens is 1. The second kappa shape index (κ2) is 10.1. The molecule has 162 valence electrons.